The topological polar surface area (TPSA) is 71.3 Å². The first kappa shape index (κ1) is 18.2. The zero-order valence-corrected chi connectivity index (χ0v) is 16.0. The van der Waals surface area contributed by atoms with E-state index in [0.717, 1.165) is 0 Å². The maximum absolute atomic E-state index is 12.6. The molecular formula is C19H14BrClN2O3. The van der Waals surface area contributed by atoms with Crippen LogP contribution in [0.3, 0.4) is 0 Å². The molecule has 2 N–H and O–H groups in total. The Labute approximate surface area is 163 Å². The number of amides is 2. The number of furan rings is 1. The molecule has 1 heterocycles. The van der Waals surface area contributed by atoms with E-state index in [1.54, 1.807) is 61.5 Å². The maximum Gasteiger partial charge on any atom is 0.291 e. The highest BCUT2D eigenvalue weighted by molar-refractivity contribution is 9.10. The van der Waals surface area contributed by atoms with Gasteiger partial charge in [-0.05, 0) is 65.3 Å². The zero-order chi connectivity index (χ0) is 18.7. The van der Waals surface area contributed by atoms with Gasteiger partial charge in [-0.3, -0.25) is 9.59 Å². The van der Waals surface area contributed by atoms with Gasteiger partial charge in [0.1, 0.15) is 0 Å². The van der Waals surface area contributed by atoms with Crippen LogP contribution in [0.4, 0.5) is 11.4 Å². The van der Waals surface area contributed by atoms with Crippen molar-refractivity contribution in [3.63, 3.8) is 0 Å². The largest absolute Gasteiger partial charge is 0.444 e. The zero-order valence-electron chi connectivity index (χ0n) is 13.7. The van der Waals surface area contributed by atoms with Crippen LogP contribution in [0, 0.1) is 6.92 Å². The smallest absolute Gasteiger partial charge is 0.291 e. The molecule has 26 heavy (non-hydrogen) atoms. The molecular weight excluding hydrogens is 420 g/mol. The highest BCUT2D eigenvalue weighted by Crippen LogP contribution is 2.23. The van der Waals surface area contributed by atoms with Crippen molar-refractivity contribution < 1.29 is 14.0 Å². The van der Waals surface area contributed by atoms with Gasteiger partial charge in [-0.2, -0.15) is 0 Å². The summed E-state index contributed by atoms with van der Waals surface area (Å²) in [6.45, 7) is 1.77. The Bertz CT molecular complexity index is 967. The molecule has 0 radical (unpaired) electrons. The number of benzene rings is 2. The van der Waals surface area contributed by atoms with Gasteiger partial charge in [0, 0.05) is 16.3 Å². The second-order valence-corrected chi connectivity index (χ2v) is 6.74. The van der Waals surface area contributed by atoms with Gasteiger partial charge in [-0.15, -0.1) is 0 Å². The van der Waals surface area contributed by atoms with E-state index in [9.17, 15) is 9.59 Å². The van der Waals surface area contributed by atoms with Crippen molar-refractivity contribution >= 4 is 50.7 Å². The lowest BCUT2D eigenvalue weighted by Crippen LogP contribution is -2.18. The Balaban J connectivity index is 1.81. The van der Waals surface area contributed by atoms with Crippen LogP contribution >= 0.6 is 27.5 Å². The molecule has 0 spiro atoms. The van der Waals surface area contributed by atoms with Crippen molar-refractivity contribution in [2.45, 2.75) is 6.92 Å². The van der Waals surface area contributed by atoms with Gasteiger partial charge in [-0.1, -0.05) is 23.7 Å². The van der Waals surface area contributed by atoms with E-state index in [-0.39, 0.29) is 11.7 Å². The minimum Gasteiger partial charge on any atom is -0.444 e. The highest BCUT2D eigenvalue weighted by atomic mass is 79.9. The fourth-order valence-corrected chi connectivity index (χ4v) is 3.00. The summed E-state index contributed by atoms with van der Waals surface area (Å²) in [7, 11) is 0. The van der Waals surface area contributed by atoms with Crippen LogP contribution in [0.1, 0.15) is 26.5 Å². The molecule has 0 saturated heterocycles. The highest BCUT2D eigenvalue weighted by Gasteiger charge is 2.18. The summed E-state index contributed by atoms with van der Waals surface area (Å²) in [5, 5.41) is 6.08. The van der Waals surface area contributed by atoms with Gasteiger partial charge in [0.15, 0.2) is 10.4 Å². The standard InChI is InChI=1S/C19H14BrClN2O3/c1-11-10-16(20)26-17(11)19(25)23-15-5-3-2-4-14(15)18(24)22-13-8-6-12(21)7-9-13/h2-10H,1H3,(H,22,24)(H,23,25). The fraction of sp³-hybridized carbons (Fsp3) is 0.0526. The Morgan fingerprint density at radius 3 is 2.35 bits per heavy atom. The molecule has 3 aromatic rings. The van der Waals surface area contributed by atoms with Crippen molar-refractivity contribution in [1.29, 1.82) is 0 Å². The molecule has 0 aliphatic rings. The van der Waals surface area contributed by atoms with Gasteiger partial charge in [0.05, 0.1) is 11.3 Å². The summed E-state index contributed by atoms with van der Waals surface area (Å²) in [6, 6.07) is 15.2. The average molecular weight is 434 g/mol. The van der Waals surface area contributed by atoms with Crippen LogP contribution in [-0.2, 0) is 0 Å². The number of hydrogen-bond acceptors (Lipinski definition) is 3. The van der Waals surface area contributed by atoms with Crippen molar-refractivity contribution in [2.24, 2.45) is 0 Å². The minimum absolute atomic E-state index is 0.185. The predicted octanol–water partition coefficient (Wildman–Crippen LogP) is 5.51. The fourth-order valence-electron chi connectivity index (χ4n) is 2.37. The van der Waals surface area contributed by atoms with E-state index < -0.39 is 5.91 Å². The number of carbonyl (C=O) groups is 2. The van der Waals surface area contributed by atoms with Gasteiger partial charge in [-0.25, -0.2) is 0 Å². The summed E-state index contributed by atoms with van der Waals surface area (Å²) in [6.07, 6.45) is 0. The van der Waals surface area contributed by atoms with Gasteiger partial charge >= 0.3 is 0 Å². The molecule has 0 fully saturated rings. The molecule has 132 valence electrons. The van der Waals surface area contributed by atoms with Gasteiger partial charge < -0.3 is 15.1 Å². The van der Waals surface area contributed by atoms with Gasteiger partial charge in [0.25, 0.3) is 11.8 Å². The third kappa shape index (κ3) is 4.15. The lowest BCUT2D eigenvalue weighted by molar-refractivity contribution is 0.0994. The number of nitrogens with one attached hydrogen (secondary N) is 2. The number of hydrogen-bond donors (Lipinski definition) is 2. The molecule has 0 aliphatic heterocycles. The molecule has 2 aromatic carbocycles. The molecule has 7 heteroatoms. The number of anilines is 2. The molecule has 0 aliphatic carbocycles. The van der Waals surface area contributed by atoms with E-state index in [1.807, 2.05) is 0 Å². The summed E-state index contributed by atoms with van der Waals surface area (Å²) in [5.74, 6) is -0.592. The van der Waals surface area contributed by atoms with Crippen LogP contribution in [0.2, 0.25) is 5.02 Å². The average Bonchev–Trinajstić information content (AvgIpc) is 2.96. The summed E-state index contributed by atoms with van der Waals surface area (Å²) < 4.78 is 5.81. The molecule has 0 bridgehead atoms. The van der Waals surface area contributed by atoms with Crippen LogP contribution in [0.25, 0.3) is 0 Å². The number of para-hydroxylation sites is 1. The number of aryl methyl sites for hydroxylation is 1. The summed E-state index contributed by atoms with van der Waals surface area (Å²) >= 11 is 9.04. The second kappa shape index (κ2) is 7.76. The lowest BCUT2D eigenvalue weighted by atomic mass is 10.1. The molecule has 0 unspecified atom stereocenters. The number of rotatable bonds is 4. The Hall–Kier alpha value is -2.57. The first-order valence-electron chi connectivity index (χ1n) is 7.67. The molecule has 3 rings (SSSR count). The Kier molecular flexibility index (Phi) is 5.44. The van der Waals surface area contributed by atoms with Crippen molar-refractivity contribution in [3.8, 4) is 0 Å². The van der Waals surface area contributed by atoms with Crippen molar-refractivity contribution in [3.05, 3.63) is 81.2 Å². The first-order valence-corrected chi connectivity index (χ1v) is 8.84. The molecule has 2 amide bonds. The summed E-state index contributed by atoms with van der Waals surface area (Å²) in [4.78, 5) is 25.0. The Morgan fingerprint density at radius 1 is 1.00 bits per heavy atom. The third-order valence-electron chi connectivity index (χ3n) is 3.62. The minimum atomic E-state index is -0.431. The van der Waals surface area contributed by atoms with E-state index in [2.05, 4.69) is 26.6 Å². The monoisotopic (exact) mass is 432 g/mol. The number of carbonyl (C=O) groups excluding carboxylic acids is 2. The van der Waals surface area contributed by atoms with Crippen molar-refractivity contribution in [2.75, 3.05) is 10.6 Å². The third-order valence-corrected chi connectivity index (χ3v) is 4.26. The normalized spacial score (nSPS) is 10.4. The molecule has 0 saturated carbocycles. The Morgan fingerprint density at radius 2 is 1.69 bits per heavy atom. The maximum atomic E-state index is 12.6. The molecule has 0 atom stereocenters. The van der Waals surface area contributed by atoms with E-state index >= 15 is 0 Å². The van der Waals surface area contributed by atoms with E-state index in [0.29, 0.717) is 32.2 Å². The van der Waals surface area contributed by atoms with Crippen LogP contribution in [0.15, 0.2) is 63.7 Å². The summed E-state index contributed by atoms with van der Waals surface area (Å²) in [5.41, 5.74) is 2.01. The second-order valence-electron chi connectivity index (χ2n) is 5.52. The molecule has 1 aromatic heterocycles. The predicted molar refractivity (Wildman–Crippen MR) is 105 cm³/mol. The quantitative estimate of drug-likeness (QED) is 0.570. The first-order chi connectivity index (χ1) is 12.4. The van der Waals surface area contributed by atoms with Crippen LogP contribution in [-0.4, -0.2) is 11.8 Å². The lowest BCUT2D eigenvalue weighted by Gasteiger charge is -2.11. The van der Waals surface area contributed by atoms with Crippen molar-refractivity contribution in [1.82, 2.24) is 0 Å². The van der Waals surface area contributed by atoms with E-state index in [4.69, 9.17) is 16.0 Å². The molecule has 5 nitrogen and oxygen atoms in total. The van der Waals surface area contributed by atoms with Crippen LogP contribution in [0.5, 0.6) is 0 Å². The van der Waals surface area contributed by atoms with Crippen LogP contribution < -0.4 is 10.6 Å². The SMILES string of the molecule is Cc1cc(Br)oc1C(=O)Nc1ccccc1C(=O)Nc1ccc(Cl)cc1. The number of halogens is 2. The van der Waals surface area contributed by atoms with Gasteiger partial charge in [0.2, 0.25) is 0 Å². The van der Waals surface area contributed by atoms with E-state index in [1.165, 1.54) is 0 Å².